The van der Waals surface area contributed by atoms with E-state index in [4.69, 9.17) is 4.52 Å². The molecule has 2 heterocycles. The van der Waals surface area contributed by atoms with Crippen LogP contribution in [0.3, 0.4) is 0 Å². The van der Waals surface area contributed by atoms with E-state index in [1.807, 2.05) is 49.4 Å². The third-order valence-corrected chi connectivity index (χ3v) is 5.37. The number of carbonyl (C=O) groups is 1. The summed E-state index contributed by atoms with van der Waals surface area (Å²) in [7, 11) is 0. The zero-order valence-corrected chi connectivity index (χ0v) is 16.5. The van der Waals surface area contributed by atoms with Crippen molar-refractivity contribution < 1.29 is 9.32 Å². The molecule has 1 amide bonds. The summed E-state index contributed by atoms with van der Waals surface area (Å²) in [6, 6.07) is 16.7. The first-order valence-electron chi connectivity index (χ1n) is 8.04. The largest absolute Gasteiger partial charge is 0.333 e. The number of anilines is 1. The third-order valence-electron chi connectivity index (χ3n) is 3.78. The smallest absolute Gasteiger partial charge is 0.270 e. The highest BCUT2D eigenvalue weighted by molar-refractivity contribution is 9.10. The highest BCUT2D eigenvalue weighted by Gasteiger charge is 2.18. The van der Waals surface area contributed by atoms with E-state index in [1.54, 1.807) is 12.1 Å². The van der Waals surface area contributed by atoms with Crippen molar-refractivity contribution in [1.29, 1.82) is 0 Å². The minimum Gasteiger partial charge on any atom is -0.333 e. The molecule has 134 valence electrons. The van der Waals surface area contributed by atoms with Gasteiger partial charge in [-0.1, -0.05) is 62.8 Å². The number of halogens is 1. The lowest BCUT2D eigenvalue weighted by atomic mass is 10.2. The zero-order valence-electron chi connectivity index (χ0n) is 14.1. The lowest BCUT2D eigenvalue weighted by Gasteiger charge is -2.01. The Balaban J connectivity index is 1.56. The maximum absolute atomic E-state index is 12.4. The molecule has 2 aromatic heterocycles. The van der Waals surface area contributed by atoms with Gasteiger partial charge in [0.05, 0.1) is 5.69 Å². The number of nitrogens with one attached hydrogen (secondary N) is 1. The number of amides is 1. The van der Waals surface area contributed by atoms with Crippen LogP contribution < -0.4 is 5.32 Å². The summed E-state index contributed by atoms with van der Waals surface area (Å²) >= 11 is 4.65. The standard InChI is InChI=1S/C19H13BrN4O2S/c1-11-15(18-22-16(24-26-18)12-5-3-2-4-6-12)27-19(21-11)23-17(25)13-7-9-14(20)10-8-13/h2-10H,1H3,(H,21,23,25). The van der Waals surface area contributed by atoms with Crippen LogP contribution in [0.2, 0.25) is 0 Å². The molecular formula is C19H13BrN4O2S. The summed E-state index contributed by atoms with van der Waals surface area (Å²) < 4.78 is 6.31. The lowest BCUT2D eigenvalue weighted by Crippen LogP contribution is -2.11. The molecule has 0 unspecified atom stereocenters. The predicted molar refractivity (Wildman–Crippen MR) is 108 cm³/mol. The van der Waals surface area contributed by atoms with E-state index < -0.39 is 0 Å². The maximum atomic E-state index is 12.4. The van der Waals surface area contributed by atoms with Gasteiger partial charge in [-0.2, -0.15) is 4.98 Å². The Morgan fingerprint density at radius 3 is 2.56 bits per heavy atom. The first-order valence-corrected chi connectivity index (χ1v) is 9.65. The Kier molecular flexibility index (Phi) is 4.83. The van der Waals surface area contributed by atoms with Crippen molar-refractivity contribution in [3.63, 3.8) is 0 Å². The quantitative estimate of drug-likeness (QED) is 0.472. The average molecular weight is 441 g/mol. The molecule has 0 bridgehead atoms. The maximum Gasteiger partial charge on any atom is 0.270 e. The molecule has 0 saturated carbocycles. The number of thiazole rings is 1. The molecule has 1 N–H and O–H groups in total. The molecule has 0 aliphatic heterocycles. The van der Waals surface area contributed by atoms with Gasteiger partial charge in [0, 0.05) is 15.6 Å². The van der Waals surface area contributed by atoms with E-state index in [1.165, 1.54) is 11.3 Å². The predicted octanol–water partition coefficient (Wildman–Crippen LogP) is 5.18. The fourth-order valence-electron chi connectivity index (χ4n) is 2.44. The second-order valence-electron chi connectivity index (χ2n) is 5.68. The number of carbonyl (C=O) groups excluding carboxylic acids is 1. The van der Waals surface area contributed by atoms with Crippen LogP contribution in [0.4, 0.5) is 5.13 Å². The first-order chi connectivity index (χ1) is 13.1. The summed E-state index contributed by atoms with van der Waals surface area (Å²) in [6.07, 6.45) is 0. The van der Waals surface area contributed by atoms with Gasteiger partial charge in [-0.25, -0.2) is 4.98 Å². The zero-order chi connectivity index (χ0) is 18.8. The van der Waals surface area contributed by atoms with Crippen molar-refractivity contribution in [2.45, 2.75) is 6.92 Å². The molecule has 0 aliphatic carbocycles. The summed E-state index contributed by atoms with van der Waals surface area (Å²) in [5.41, 5.74) is 2.14. The highest BCUT2D eigenvalue weighted by Crippen LogP contribution is 2.33. The molecule has 0 saturated heterocycles. The van der Waals surface area contributed by atoms with Gasteiger partial charge in [-0.15, -0.1) is 0 Å². The molecule has 4 rings (SSSR count). The van der Waals surface area contributed by atoms with E-state index in [-0.39, 0.29) is 5.91 Å². The molecule has 6 nitrogen and oxygen atoms in total. The number of hydrogen-bond acceptors (Lipinski definition) is 6. The number of benzene rings is 2. The summed E-state index contributed by atoms with van der Waals surface area (Å²) in [6.45, 7) is 1.84. The molecule has 8 heteroatoms. The average Bonchev–Trinajstić information content (AvgIpc) is 3.29. The van der Waals surface area contributed by atoms with Crippen LogP contribution in [-0.2, 0) is 0 Å². The van der Waals surface area contributed by atoms with Crippen molar-refractivity contribution in [3.8, 4) is 22.2 Å². The Hall–Kier alpha value is -2.84. The SMILES string of the molecule is Cc1nc(NC(=O)c2ccc(Br)cc2)sc1-c1nc(-c2ccccc2)no1. The van der Waals surface area contributed by atoms with E-state index in [0.29, 0.717) is 22.4 Å². The van der Waals surface area contributed by atoms with Crippen molar-refractivity contribution in [2.24, 2.45) is 0 Å². The summed E-state index contributed by atoms with van der Waals surface area (Å²) in [4.78, 5) is 21.9. The van der Waals surface area contributed by atoms with Crippen LogP contribution in [0, 0.1) is 6.92 Å². The van der Waals surface area contributed by atoms with Crippen LogP contribution in [0.25, 0.3) is 22.2 Å². The van der Waals surface area contributed by atoms with Gasteiger partial charge in [0.1, 0.15) is 4.88 Å². The molecule has 0 radical (unpaired) electrons. The van der Waals surface area contributed by atoms with Crippen LogP contribution >= 0.6 is 27.3 Å². The Bertz CT molecular complexity index is 1090. The van der Waals surface area contributed by atoms with Crippen molar-refractivity contribution in [1.82, 2.24) is 15.1 Å². The number of nitrogens with zero attached hydrogens (tertiary/aromatic N) is 3. The topological polar surface area (TPSA) is 80.9 Å². The molecular weight excluding hydrogens is 428 g/mol. The molecule has 0 spiro atoms. The lowest BCUT2D eigenvalue weighted by molar-refractivity contribution is 0.102. The van der Waals surface area contributed by atoms with E-state index in [0.717, 1.165) is 20.6 Å². The Morgan fingerprint density at radius 1 is 1.07 bits per heavy atom. The highest BCUT2D eigenvalue weighted by atomic mass is 79.9. The second kappa shape index (κ2) is 7.42. The fourth-order valence-corrected chi connectivity index (χ4v) is 3.59. The molecule has 0 atom stereocenters. The number of aryl methyl sites for hydroxylation is 1. The molecule has 0 fully saturated rings. The summed E-state index contributed by atoms with van der Waals surface area (Å²) in [5.74, 6) is 0.671. The molecule has 0 aliphatic rings. The number of hydrogen-bond donors (Lipinski definition) is 1. The van der Waals surface area contributed by atoms with E-state index in [9.17, 15) is 4.79 Å². The van der Waals surface area contributed by atoms with Crippen molar-refractivity contribution >= 4 is 38.3 Å². The van der Waals surface area contributed by atoms with Gasteiger partial charge < -0.3 is 4.52 Å². The van der Waals surface area contributed by atoms with Gasteiger partial charge >= 0.3 is 0 Å². The minimum atomic E-state index is -0.224. The second-order valence-corrected chi connectivity index (χ2v) is 7.60. The third kappa shape index (κ3) is 3.81. The van der Waals surface area contributed by atoms with E-state index in [2.05, 4.69) is 36.4 Å². The summed E-state index contributed by atoms with van der Waals surface area (Å²) in [5, 5.41) is 7.32. The molecule has 2 aromatic carbocycles. The van der Waals surface area contributed by atoms with Gasteiger partial charge in [0.25, 0.3) is 11.8 Å². The number of aromatic nitrogens is 3. The first kappa shape index (κ1) is 17.6. The van der Waals surface area contributed by atoms with Crippen LogP contribution in [-0.4, -0.2) is 21.0 Å². The van der Waals surface area contributed by atoms with Gasteiger partial charge in [0.15, 0.2) is 5.13 Å². The molecule has 4 aromatic rings. The van der Waals surface area contributed by atoms with Gasteiger partial charge in [0.2, 0.25) is 5.82 Å². The fraction of sp³-hybridized carbons (Fsp3) is 0.0526. The monoisotopic (exact) mass is 440 g/mol. The normalized spacial score (nSPS) is 10.7. The van der Waals surface area contributed by atoms with Crippen LogP contribution in [0.15, 0.2) is 63.6 Å². The van der Waals surface area contributed by atoms with Crippen LogP contribution in [0.5, 0.6) is 0 Å². The van der Waals surface area contributed by atoms with Crippen molar-refractivity contribution in [2.75, 3.05) is 5.32 Å². The van der Waals surface area contributed by atoms with Gasteiger partial charge in [-0.3, -0.25) is 10.1 Å². The van der Waals surface area contributed by atoms with Gasteiger partial charge in [-0.05, 0) is 31.2 Å². The van der Waals surface area contributed by atoms with Crippen LogP contribution in [0.1, 0.15) is 16.1 Å². The molecule has 27 heavy (non-hydrogen) atoms. The Morgan fingerprint density at radius 2 is 1.81 bits per heavy atom. The minimum absolute atomic E-state index is 0.224. The van der Waals surface area contributed by atoms with E-state index >= 15 is 0 Å². The van der Waals surface area contributed by atoms with Crippen molar-refractivity contribution in [3.05, 3.63) is 70.3 Å². The number of rotatable bonds is 4. The Labute approximate surface area is 167 Å².